The maximum atomic E-state index is 13.0. The van der Waals surface area contributed by atoms with Crippen molar-refractivity contribution in [2.45, 2.75) is 27.7 Å². The Morgan fingerprint density at radius 3 is 1.28 bits per heavy atom. The summed E-state index contributed by atoms with van der Waals surface area (Å²) >= 11 is 1.36. The summed E-state index contributed by atoms with van der Waals surface area (Å²) in [5, 5.41) is 0. The number of allylic oxidation sites excluding steroid dienone is 8. The summed E-state index contributed by atoms with van der Waals surface area (Å²) in [7, 11) is 0. The van der Waals surface area contributed by atoms with E-state index in [1.807, 2.05) is 56.3 Å². The van der Waals surface area contributed by atoms with Crippen LogP contribution in [0.3, 0.4) is 0 Å². The molecule has 2 aliphatic rings. The van der Waals surface area contributed by atoms with Crippen molar-refractivity contribution >= 4 is 42.8 Å². The molecule has 0 nitrogen and oxygen atoms in total. The molecule has 39 heavy (non-hydrogen) atoms. The predicted octanol–water partition coefficient (Wildman–Crippen LogP) is 9.61. The molecule has 206 valence electrons. The van der Waals surface area contributed by atoms with E-state index < -0.39 is 0 Å². The molecular weight excluding hydrogens is 625 g/mol. The van der Waals surface area contributed by atoms with Crippen molar-refractivity contribution < 1.29 is 32.1 Å². The fraction of sp³-hybridized carbons (Fsp3) is 0.182. The predicted molar refractivity (Wildman–Crippen MR) is 164 cm³/mol. The zero-order valence-electron chi connectivity index (χ0n) is 22.9. The molecule has 2 unspecified atom stereocenters. The van der Waals surface area contributed by atoms with Gasteiger partial charge in [-0.1, -0.05) is 74.9 Å². The molecule has 5 rings (SSSR count). The largest absolute Gasteiger partial charge is 0.184 e. The number of halogens is 4. The Balaban J connectivity index is 0. The van der Waals surface area contributed by atoms with Gasteiger partial charge in [-0.2, -0.15) is 59.7 Å². The van der Waals surface area contributed by atoms with Crippen molar-refractivity contribution in [1.29, 1.82) is 0 Å². The zero-order valence-corrected chi connectivity index (χ0v) is 28.0. The van der Waals surface area contributed by atoms with Crippen molar-refractivity contribution in [3.05, 3.63) is 151 Å². The van der Waals surface area contributed by atoms with Crippen LogP contribution in [0.15, 0.2) is 102 Å². The quantitative estimate of drug-likeness (QED) is 0.190. The third kappa shape index (κ3) is 13.4. The smallest absolute Gasteiger partial charge is 0.171 e. The fourth-order valence-electron chi connectivity index (χ4n) is 3.95. The Kier molecular flexibility index (Phi) is 21.1. The molecule has 0 fully saturated rings. The number of benzene rings is 3. The van der Waals surface area contributed by atoms with Crippen molar-refractivity contribution in [3.8, 4) is 0 Å². The third-order valence-electron chi connectivity index (χ3n) is 5.41. The van der Waals surface area contributed by atoms with Gasteiger partial charge in [0.05, 0.1) is 0 Å². The SMILES string of the molecule is CC1=[C-]C(C)C=C1c1cccc(F)c1.CC1=[C-]C(C)C=C1c1cccc(F)c1.Cl.Cl.[CH3-].[Si]=[Zr].[c-]1ccccc1. The monoisotopic (exact) mass is 656 g/mol. The second-order valence-corrected chi connectivity index (χ2v) is 8.37. The Bertz CT molecular complexity index is 1150. The summed E-state index contributed by atoms with van der Waals surface area (Å²) in [5.41, 5.74) is 6.33. The minimum atomic E-state index is -0.184. The van der Waals surface area contributed by atoms with Gasteiger partial charge in [0.25, 0.3) is 0 Å². The van der Waals surface area contributed by atoms with Crippen LogP contribution in [0.4, 0.5) is 8.78 Å². The van der Waals surface area contributed by atoms with Gasteiger partial charge in [0.1, 0.15) is 11.6 Å². The molecule has 0 spiro atoms. The molecule has 0 saturated heterocycles. The first-order valence-electron chi connectivity index (χ1n) is 11.7. The first kappa shape index (κ1) is 39.3. The van der Waals surface area contributed by atoms with Crippen molar-refractivity contribution in [2.24, 2.45) is 11.8 Å². The first-order chi connectivity index (χ1) is 17.3. The van der Waals surface area contributed by atoms with Crippen LogP contribution in [0.5, 0.6) is 0 Å². The van der Waals surface area contributed by atoms with Gasteiger partial charge in [0.15, 0.2) is 0 Å². The summed E-state index contributed by atoms with van der Waals surface area (Å²) in [5.74, 6) is 0.313. The van der Waals surface area contributed by atoms with Gasteiger partial charge in [0.2, 0.25) is 0 Å². The molecule has 2 radical (unpaired) electrons. The Labute approximate surface area is 263 Å². The van der Waals surface area contributed by atoms with Crippen LogP contribution in [-0.2, 0) is 23.3 Å². The molecule has 0 aromatic heterocycles. The summed E-state index contributed by atoms with van der Waals surface area (Å²) < 4.78 is 26.0. The van der Waals surface area contributed by atoms with Gasteiger partial charge in [-0.3, -0.25) is 12.2 Å². The van der Waals surface area contributed by atoms with Gasteiger partial charge in [0, 0.05) is 0 Å². The van der Waals surface area contributed by atoms with Crippen LogP contribution < -0.4 is 0 Å². The van der Waals surface area contributed by atoms with Crippen LogP contribution in [0, 0.1) is 49.1 Å². The summed E-state index contributed by atoms with van der Waals surface area (Å²) in [6.07, 6.45) is 10.8. The summed E-state index contributed by atoms with van der Waals surface area (Å²) in [6, 6.07) is 25.9. The maximum Gasteiger partial charge on any atom is -0.171 e. The first-order valence-corrected chi connectivity index (χ1v) is 15.8. The second-order valence-electron chi connectivity index (χ2n) is 8.37. The zero-order chi connectivity index (χ0) is 26.5. The van der Waals surface area contributed by atoms with Crippen LogP contribution >= 0.6 is 24.8 Å². The maximum absolute atomic E-state index is 13.0. The molecule has 3 aromatic carbocycles. The molecule has 0 aliphatic heterocycles. The minimum Gasteiger partial charge on any atom is -0.184 e. The van der Waals surface area contributed by atoms with E-state index in [1.54, 1.807) is 24.3 Å². The third-order valence-corrected chi connectivity index (χ3v) is 5.41. The molecule has 0 N–H and O–H groups in total. The van der Waals surface area contributed by atoms with Gasteiger partial charge < -0.3 is 7.43 Å². The van der Waals surface area contributed by atoms with E-state index in [0.717, 1.165) is 33.4 Å². The van der Waals surface area contributed by atoms with Gasteiger partial charge in [-0.25, -0.2) is 19.9 Å². The number of hydrogen-bond acceptors (Lipinski definition) is 0. The van der Waals surface area contributed by atoms with Crippen LogP contribution in [0.25, 0.3) is 11.1 Å². The average Bonchev–Trinajstić information content (AvgIpc) is 3.41. The number of hydrogen-bond donors (Lipinski definition) is 0. The number of rotatable bonds is 2. The van der Waals surface area contributed by atoms with Gasteiger partial charge in [-0.05, 0) is 24.3 Å². The standard InChI is InChI=1S/2C13H12F.C6H5.CH3.2ClH.Si.Zr/c2*1-9-6-10(2)13(7-9)11-4-3-5-12(14)8-11;1-2-4-6-5-3-1;;;;;/h2*3-5,7-9H,1-2H3;1-5H;1H3;2*1H;;/q4*-1;;;;. The molecule has 0 saturated carbocycles. The Morgan fingerprint density at radius 2 is 1.05 bits per heavy atom. The van der Waals surface area contributed by atoms with E-state index in [9.17, 15) is 8.78 Å². The van der Waals surface area contributed by atoms with Crippen LogP contribution in [0.1, 0.15) is 38.8 Å². The molecule has 0 heterocycles. The van der Waals surface area contributed by atoms with Crippen LogP contribution in [-0.4, -0.2) is 6.88 Å². The van der Waals surface area contributed by atoms with E-state index in [0.29, 0.717) is 11.8 Å². The van der Waals surface area contributed by atoms with E-state index in [4.69, 9.17) is 0 Å². The molecular formula is C33H34Cl2F2SiZr-4. The molecule has 2 atom stereocenters. The Morgan fingerprint density at radius 1 is 0.667 bits per heavy atom. The van der Waals surface area contributed by atoms with E-state index in [1.165, 1.54) is 35.5 Å². The second kappa shape index (κ2) is 21.0. The molecule has 2 aliphatic carbocycles. The van der Waals surface area contributed by atoms with Crippen molar-refractivity contribution in [1.82, 2.24) is 0 Å². The molecule has 0 amide bonds. The van der Waals surface area contributed by atoms with Crippen molar-refractivity contribution in [3.63, 3.8) is 0 Å². The Hall–Kier alpha value is -1.84. The molecule has 0 bridgehead atoms. The van der Waals surface area contributed by atoms with Gasteiger partial charge >= 0.3 is 30.2 Å². The van der Waals surface area contributed by atoms with E-state index >= 15 is 0 Å². The van der Waals surface area contributed by atoms with E-state index in [2.05, 4.69) is 51.1 Å². The normalized spacial score (nSPS) is 16.1. The molecule has 6 heteroatoms. The molecule has 3 aromatic rings. The average molecular weight is 659 g/mol. The summed E-state index contributed by atoms with van der Waals surface area (Å²) in [6.45, 7) is 11.2. The van der Waals surface area contributed by atoms with E-state index in [-0.39, 0.29) is 43.9 Å². The minimum absolute atomic E-state index is 0. The summed E-state index contributed by atoms with van der Waals surface area (Å²) in [4.78, 5) is 0. The van der Waals surface area contributed by atoms with Crippen molar-refractivity contribution in [2.75, 3.05) is 0 Å². The van der Waals surface area contributed by atoms with Crippen LogP contribution in [0.2, 0.25) is 0 Å². The van der Waals surface area contributed by atoms with Gasteiger partial charge in [-0.15, -0.1) is 24.8 Å². The fourth-order valence-corrected chi connectivity index (χ4v) is 3.95. The topological polar surface area (TPSA) is 0 Å².